The van der Waals surface area contributed by atoms with Crippen LogP contribution in [0.1, 0.15) is 107 Å². The van der Waals surface area contributed by atoms with Crippen LogP contribution in [0.5, 0.6) is 0 Å². The smallest absolute Gasteiger partial charge is 0.325 e. The van der Waals surface area contributed by atoms with Crippen molar-refractivity contribution >= 4 is 23.4 Å². The minimum Gasteiger partial charge on any atom is -0.480 e. The zero-order valence-electron chi connectivity index (χ0n) is 19.9. The summed E-state index contributed by atoms with van der Waals surface area (Å²) in [6.07, 6.45) is 17.7. The van der Waals surface area contributed by atoms with Crippen molar-refractivity contribution in [3.63, 3.8) is 0 Å². The van der Waals surface area contributed by atoms with Gasteiger partial charge >= 0.3 is 11.9 Å². The molecule has 1 aromatic carbocycles. The summed E-state index contributed by atoms with van der Waals surface area (Å²) in [6, 6.07) is 3.47. The van der Waals surface area contributed by atoms with E-state index in [-0.39, 0.29) is 11.3 Å². The highest BCUT2D eigenvalue weighted by Gasteiger charge is 2.34. The van der Waals surface area contributed by atoms with Gasteiger partial charge in [0.25, 0.3) is 0 Å². The van der Waals surface area contributed by atoms with Gasteiger partial charge in [-0.2, -0.15) is 0 Å². The Hall–Kier alpha value is -2.44. The summed E-state index contributed by atoms with van der Waals surface area (Å²) < 4.78 is 14.2. The zero-order valence-corrected chi connectivity index (χ0v) is 19.9. The third-order valence-corrected chi connectivity index (χ3v) is 5.86. The number of aliphatic carboxylic acids is 2. The summed E-state index contributed by atoms with van der Waals surface area (Å²) >= 11 is 0. The maximum absolute atomic E-state index is 14.2. The average Bonchev–Trinajstić information content (AvgIpc) is 2.76. The molecule has 0 aliphatic rings. The third-order valence-electron chi connectivity index (χ3n) is 5.86. The number of halogens is 1. The Labute approximate surface area is 197 Å². The normalized spacial score (nSPS) is 11.0. The predicted molar refractivity (Wildman–Crippen MR) is 128 cm³/mol. The van der Waals surface area contributed by atoms with E-state index in [0.29, 0.717) is 6.54 Å². The van der Waals surface area contributed by atoms with Crippen molar-refractivity contribution in [1.82, 2.24) is 0 Å². The van der Waals surface area contributed by atoms with Crippen molar-refractivity contribution < 1.29 is 29.0 Å². The molecule has 186 valence electrons. The second-order valence-electron chi connectivity index (χ2n) is 8.69. The van der Waals surface area contributed by atoms with Gasteiger partial charge in [0.2, 0.25) is 5.92 Å². The van der Waals surface area contributed by atoms with Crippen LogP contribution in [0.25, 0.3) is 0 Å². The Morgan fingerprint density at radius 1 is 0.788 bits per heavy atom. The number of hydrogen-bond acceptors (Lipinski definition) is 4. The van der Waals surface area contributed by atoms with E-state index in [9.17, 15) is 18.8 Å². The van der Waals surface area contributed by atoms with Crippen LogP contribution in [-0.2, 0) is 9.59 Å². The quantitative estimate of drug-likeness (QED) is 0.113. The lowest BCUT2D eigenvalue weighted by Crippen LogP contribution is -2.31. The highest BCUT2D eigenvalue weighted by Crippen LogP contribution is 2.19. The fourth-order valence-corrected chi connectivity index (χ4v) is 3.85. The molecule has 0 atom stereocenters. The first-order valence-corrected chi connectivity index (χ1v) is 12.4. The minimum atomic E-state index is -2.24. The van der Waals surface area contributed by atoms with Gasteiger partial charge in [0.05, 0.1) is 5.69 Å². The Bertz CT molecular complexity index is 723. The zero-order chi connectivity index (χ0) is 24.5. The number of anilines is 1. The van der Waals surface area contributed by atoms with Crippen LogP contribution < -0.4 is 5.32 Å². The largest absolute Gasteiger partial charge is 0.480 e. The van der Waals surface area contributed by atoms with Crippen molar-refractivity contribution in [3.8, 4) is 0 Å². The number of carbonyl (C=O) groups is 3. The molecule has 1 rings (SSSR count). The highest BCUT2D eigenvalue weighted by atomic mass is 19.1. The summed E-state index contributed by atoms with van der Waals surface area (Å²) in [5, 5.41) is 20.8. The first-order valence-electron chi connectivity index (χ1n) is 12.4. The van der Waals surface area contributed by atoms with Gasteiger partial charge in [0.1, 0.15) is 5.82 Å². The molecular formula is C26H40FNO5. The molecule has 0 aliphatic carbocycles. The number of hydrogen-bond donors (Lipinski definition) is 3. The van der Waals surface area contributed by atoms with Crippen LogP contribution in [0.4, 0.5) is 10.1 Å². The van der Waals surface area contributed by atoms with E-state index in [4.69, 9.17) is 10.2 Å². The van der Waals surface area contributed by atoms with Gasteiger partial charge in [-0.3, -0.25) is 14.4 Å². The van der Waals surface area contributed by atoms with Gasteiger partial charge in [-0.05, 0) is 24.6 Å². The molecule has 0 radical (unpaired) electrons. The molecule has 6 nitrogen and oxygen atoms in total. The summed E-state index contributed by atoms with van der Waals surface area (Å²) in [5.41, 5.74) is -0.0622. The van der Waals surface area contributed by atoms with Crippen molar-refractivity contribution in [2.45, 2.75) is 96.8 Å². The summed E-state index contributed by atoms with van der Waals surface area (Å²) in [7, 11) is 0. The number of carbonyl (C=O) groups excluding carboxylic acids is 1. The molecule has 0 spiro atoms. The average molecular weight is 466 g/mol. The van der Waals surface area contributed by atoms with E-state index in [1.165, 1.54) is 82.8 Å². The van der Waals surface area contributed by atoms with E-state index in [1.807, 2.05) is 0 Å². The molecular weight excluding hydrogens is 425 g/mol. The molecule has 0 aromatic heterocycles. The number of carboxylic acid groups (broad SMARTS) is 2. The standard InChI is InChI=1S/C26H40FNO5/c1-2-3-4-5-6-7-8-9-10-11-12-13-14-15-18-28-22-17-16-20(19-21(22)27)24(29)23(25(30)31)26(32)33/h16-17,19,23,28H,2-15,18H2,1H3,(H,30,31)(H,32,33). The van der Waals surface area contributed by atoms with Crippen LogP contribution in [0.2, 0.25) is 0 Å². The van der Waals surface area contributed by atoms with Gasteiger partial charge in [-0.25, -0.2) is 4.39 Å². The van der Waals surface area contributed by atoms with Crippen molar-refractivity contribution in [2.75, 3.05) is 11.9 Å². The molecule has 33 heavy (non-hydrogen) atoms. The number of ketones is 1. The summed E-state index contributed by atoms with van der Waals surface area (Å²) in [6.45, 7) is 2.84. The van der Waals surface area contributed by atoms with E-state index >= 15 is 0 Å². The number of benzene rings is 1. The van der Waals surface area contributed by atoms with Crippen LogP contribution in [0.3, 0.4) is 0 Å². The lowest BCUT2D eigenvalue weighted by Gasteiger charge is -2.10. The Balaban J connectivity index is 2.15. The van der Waals surface area contributed by atoms with Crippen LogP contribution in [-0.4, -0.2) is 34.5 Å². The molecule has 0 fully saturated rings. The van der Waals surface area contributed by atoms with Gasteiger partial charge in [0, 0.05) is 12.1 Å². The molecule has 0 heterocycles. The minimum absolute atomic E-state index is 0.212. The SMILES string of the molecule is CCCCCCCCCCCCCCCCNc1ccc(C(=O)C(C(=O)O)C(=O)O)cc1F. The predicted octanol–water partition coefficient (Wildman–Crippen LogP) is 6.69. The number of unbranched alkanes of at least 4 members (excludes halogenated alkanes) is 13. The molecule has 0 saturated heterocycles. The molecule has 1 aromatic rings. The van der Waals surface area contributed by atoms with Crippen LogP contribution in [0, 0.1) is 11.7 Å². The summed E-state index contributed by atoms with van der Waals surface area (Å²) in [5.74, 6) is -7.63. The van der Waals surface area contributed by atoms with E-state index in [2.05, 4.69) is 12.2 Å². The molecule has 0 unspecified atom stereocenters. The van der Waals surface area contributed by atoms with Crippen LogP contribution in [0.15, 0.2) is 18.2 Å². The van der Waals surface area contributed by atoms with Crippen molar-refractivity contribution in [1.29, 1.82) is 0 Å². The molecule has 0 amide bonds. The molecule has 0 aliphatic heterocycles. The molecule has 3 N–H and O–H groups in total. The van der Waals surface area contributed by atoms with Gasteiger partial charge in [-0.1, -0.05) is 90.4 Å². The second-order valence-corrected chi connectivity index (χ2v) is 8.69. The Morgan fingerprint density at radius 2 is 1.24 bits per heavy atom. The second kappa shape index (κ2) is 17.1. The van der Waals surface area contributed by atoms with Crippen molar-refractivity contribution in [3.05, 3.63) is 29.6 Å². The first-order chi connectivity index (χ1) is 15.9. The number of carboxylic acids is 2. The van der Waals surface area contributed by atoms with Gasteiger partial charge in [-0.15, -0.1) is 0 Å². The van der Waals surface area contributed by atoms with E-state index in [1.54, 1.807) is 0 Å². The number of nitrogens with one attached hydrogen (secondary N) is 1. The Kier molecular flexibility index (Phi) is 14.8. The monoisotopic (exact) mass is 465 g/mol. The Morgan fingerprint density at radius 3 is 1.67 bits per heavy atom. The van der Waals surface area contributed by atoms with Crippen molar-refractivity contribution in [2.24, 2.45) is 5.92 Å². The molecule has 0 bridgehead atoms. The highest BCUT2D eigenvalue weighted by molar-refractivity contribution is 6.20. The molecule has 0 saturated carbocycles. The first kappa shape index (κ1) is 28.6. The van der Waals surface area contributed by atoms with Gasteiger partial charge < -0.3 is 15.5 Å². The van der Waals surface area contributed by atoms with Crippen LogP contribution >= 0.6 is 0 Å². The van der Waals surface area contributed by atoms with E-state index < -0.39 is 29.5 Å². The third kappa shape index (κ3) is 11.8. The molecule has 7 heteroatoms. The topological polar surface area (TPSA) is 104 Å². The summed E-state index contributed by atoms with van der Waals surface area (Å²) in [4.78, 5) is 34.0. The lowest BCUT2D eigenvalue weighted by atomic mass is 9.97. The number of Topliss-reactive ketones (excluding diaryl/α,β-unsaturated/α-hetero) is 1. The fraction of sp³-hybridized carbons (Fsp3) is 0.654. The fourth-order valence-electron chi connectivity index (χ4n) is 3.85. The lowest BCUT2D eigenvalue weighted by molar-refractivity contribution is -0.151. The van der Waals surface area contributed by atoms with E-state index in [0.717, 1.165) is 25.3 Å². The maximum Gasteiger partial charge on any atom is 0.325 e. The van der Waals surface area contributed by atoms with Gasteiger partial charge in [0.15, 0.2) is 5.78 Å². The maximum atomic E-state index is 14.2. The number of rotatable bonds is 20.